The minimum absolute atomic E-state index is 0.0321. The van der Waals surface area contributed by atoms with Gasteiger partial charge in [-0.05, 0) is 96.7 Å². The zero-order chi connectivity index (χ0) is 21.9. The van der Waals surface area contributed by atoms with Gasteiger partial charge in [0.05, 0.1) is 24.9 Å². The van der Waals surface area contributed by atoms with E-state index < -0.39 is 6.10 Å². The van der Waals surface area contributed by atoms with Crippen molar-refractivity contribution in [1.82, 2.24) is 0 Å². The lowest BCUT2D eigenvalue weighted by Gasteiger charge is -2.50. The van der Waals surface area contributed by atoms with Gasteiger partial charge in [0.1, 0.15) is 11.5 Å². The number of nitrogens with zero attached hydrogens (tertiary/aromatic N) is 1. The number of aryl methyl sites for hydroxylation is 1. The first-order valence-corrected chi connectivity index (χ1v) is 11.8. The third kappa shape index (κ3) is 3.22. The highest BCUT2D eigenvalue weighted by Gasteiger charge is 2.58. The number of fused-ring (bicyclic) bond motifs is 5. The Hall–Kier alpha value is -1.91. The Balaban J connectivity index is 1.45. The summed E-state index contributed by atoms with van der Waals surface area (Å²) in [5.74, 6) is 2.75. The molecule has 0 unspecified atom stereocenters. The Kier molecular flexibility index (Phi) is 5.14. The molecule has 6 atom stereocenters. The van der Waals surface area contributed by atoms with Crippen molar-refractivity contribution < 1.29 is 14.9 Å². The van der Waals surface area contributed by atoms with Crippen molar-refractivity contribution in [3.63, 3.8) is 0 Å². The number of phenolic OH excluding ortho intramolecular Hbond substituents is 1. The van der Waals surface area contributed by atoms with E-state index in [1.807, 2.05) is 11.9 Å². The van der Waals surface area contributed by atoms with Gasteiger partial charge in [0, 0.05) is 12.1 Å². The molecule has 0 amide bonds. The van der Waals surface area contributed by atoms with Gasteiger partial charge in [0.25, 0.3) is 0 Å². The number of phenols is 1. The van der Waals surface area contributed by atoms with E-state index in [4.69, 9.17) is 16.3 Å². The Morgan fingerprint density at radius 1 is 1.16 bits per heavy atom. The topological polar surface area (TPSA) is 52.9 Å². The van der Waals surface area contributed by atoms with Crippen LogP contribution in [0.15, 0.2) is 36.4 Å². The molecule has 2 saturated carbocycles. The second-order valence-electron chi connectivity index (χ2n) is 10.0. The van der Waals surface area contributed by atoms with E-state index in [-0.39, 0.29) is 17.2 Å². The van der Waals surface area contributed by atoms with Crippen molar-refractivity contribution in [3.05, 3.63) is 52.5 Å². The summed E-state index contributed by atoms with van der Waals surface area (Å²) < 4.78 is 5.45. The number of ether oxygens (including phenoxy) is 1. The number of likely N-dealkylation sites (N-methyl/N-ethyl adjacent to an activating group) is 1. The Morgan fingerprint density at radius 2 is 1.97 bits per heavy atom. The van der Waals surface area contributed by atoms with Gasteiger partial charge in [-0.25, -0.2) is 0 Å². The van der Waals surface area contributed by atoms with Crippen LogP contribution in [0.5, 0.6) is 11.5 Å². The van der Waals surface area contributed by atoms with Gasteiger partial charge in [-0.3, -0.25) is 0 Å². The van der Waals surface area contributed by atoms with Crippen molar-refractivity contribution in [3.8, 4) is 11.5 Å². The predicted molar refractivity (Wildman–Crippen MR) is 124 cm³/mol. The maximum atomic E-state index is 11.5. The number of aliphatic hydroxyl groups is 1. The van der Waals surface area contributed by atoms with Gasteiger partial charge >= 0.3 is 0 Å². The predicted octanol–water partition coefficient (Wildman–Crippen LogP) is 5.39. The van der Waals surface area contributed by atoms with E-state index in [0.29, 0.717) is 28.5 Å². The molecular weight excluding hydrogens is 410 g/mol. The van der Waals surface area contributed by atoms with Crippen molar-refractivity contribution in [2.45, 2.75) is 57.1 Å². The highest BCUT2D eigenvalue weighted by Crippen LogP contribution is 2.61. The highest BCUT2D eigenvalue weighted by molar-refractivity contribution is 6.30. The quantitative estimate of drug-likeness (QED) is 0.670. The van der Waals surface area contributed by atoms with Crippen molar-refractivity contribution >= 4 is 17.3 Å². The highest BCUT2D eigenvalue weighted by atomic mass is 35.5. The van der Waals surface area contributed by atoms with Crippen LogP contribution < -0.4 is 9.64 Å². The molecule has 4 nitrogen and oxygen atoms in total. The summed E-state index contributed by atoms with van der Waals surface area (Å²) in [6.45, 7) is 2.29. The summed E-state index contributed by atoms with van der Waals surface area (Å²) in [4.78, 5) is 2.05. The van der Waals surface area contributed by atoms with Gasteiger partial charge in [-0.15, -0.1) is 0 Å². The van der Waals surface area contributed by atoms with E-state index in [9.17, 15) is 10.2 Å². The molecule has 31 heavy (non-hydrogen) atoms. The third-order valence-corrected chi connectivity index (χ3v) is 8.96. The molecule has 0 radical (unpaired) electrons. The van der Waals surface area contributed by atoms with Gasteiger partial charge < -0.3 is 19.8 Å². The smallest absolute Gasteiger partial charge is 0.138 e. The maximum Gasteiger partial charge on any atom is 0.138 e. The van der Waals surface area contributed by atoms with E-state index in [1.54, 1.807) is 25.3 Å². The molecular formula is C26H32ClNO3. The molecule has 2 N–H and O–H groups in total. The monoisotopic (exact) mass is 441 g/mol. The molecule has 5 rings (SSSR count). The molecule has 0 aromatic heterocycles. The van der Waals surface area contributed by atoms with E-state index in [1.165, 1.54) is 11.1 Å². The van der Waals surface area contributed by atoms with Crippen LogP contribution in [0, 0.1) is 17.3 Å². The summed E-state index contributed by atoms with van der Waals surface area (Å²) in [7, 11) is 3.70. The average molecular weight is 442 g/mol. The Morgan fingerprint density at radius 3 is 2.74 bits per heavy atom. The minimum Gasteiger partial charge on any atom is -0.506 e. The van der Waals surface area contributed by atoms with E-state index in [2.05, 4.69) is 25.1 Å². The number of aliphatic hydroxyl groups excluding tert-OH is 1. The molecule has 0 heterocycles. The molecule has 3 aliphatic rings. The van der Waals surface area contributed by atoms with Crippen LogP contribution in [0.1, 0.15) is 49.7 Å². The van der Waals surface area contributed by atoms with Crippen LogP contribution in [-0.4, -0.2) is 36.5 Å². The molecule has 2 fully saturated rings. The normalized spacial score (nSPS) is 33.9. The molecule has 0 spiro atoms. The SMILES string of the molecule is COc1ccc2c(c1)CC[C@@H]1[C@@H]2CC[C@]2(C)[C@@H](O)[C@H](N(C)c3cc(Cl)ccc3O)C[C@@H]12. The van der Waals surface area contributed by atoms with Gasteiger partial charge in [0.15, 0.2) is 0 Å². The third-order valence-electron chi connectivity index (χ3n) is 8.72. The van der Waals surface area contributed by atoms with E-state index in [0.717, 1.165) is 37.9 Å². The number of halogens is 1. The number of aromatic hydroxyl groups is 1. The zero-order valence-electron chi connectivity index (χ0n) is 18.5. The number of anilines is 1. The van der Waals surface area contributed by atoms with Crippen molar-refractivity contribution in [1.29, 1.82) is 0 Å². The first-order chi connectivity index (χ1) is 14.8. The summed E-state index contributed by atoms with van der Waals surface area (Å²) >= 11 is 6.20. The largest absolute Gasteiger partial charge is 0.506 e. The Bertz CT molecular complexity index is 995. The lowest BCUT2D eigenvalue weighted by Crippen LogP contribution is -2.47. The fourth-order valence-corrected chi connectivity index (χ4v) is 7.17. The molecule has 0 saturated heterocycles. The van der Waals surface area contributed by atoms with Crippen LogP contribution in [0.4, 0.5) is 5.69 Å². The van der Waals surface area contributed by atoms with Crippen molar-refractivity contribution in [2.24, 2.45) is 17.3 Å². The van der Waals surface area contributed by atoms with Gasteiger partial charge in [-0.1, -0.05) is 24.6 Å². The first kappa shape index (κ1) is 21.0. The fourth-order valence-electron chi connectivity index (χ4n) is 7.00. The standard InChI is InChI=1S/C26H32ClNO3/c1-26-11-10-19-18-8-6-17(31-3)12-15(18)4-7-20(19)21(26)14-23(25(26)30)28(2)22-13-16(27)5-9-24(22)29/h5-6,8-9,12-13,19-21,23,25,29-30H,4,7,10-11,14H2,1-3H3/t19-,20-,21+,23-,25+,26+/m1/s1. The fraction of sp³-hybridized carbons (Fsp3) is 0.538. The molecule has 5 heteroatoms. The second-order valence-corrected chi connectivity index (χ2v) is 10.5. The molecule has 2 aromatic rings. The summed E-state index contributed by atoms with van der Waals surface area (Å²) in [5.41, 5.74) is 3.51. The van der Waals surface area contributed by atoms with Crippen LogP contribution in [0.2, 0.25) is 5.02 Å². The summed E-state index contributed by atoms with van der Waals surface area (Å²) in [5, 5.41) is 22.5. The number of hydrogen-bond donors (Lipinski definition) is 2. The van der Waals surface area contributed by atoms with Crippen LogP contribution in [0.3, 0.4) is 0 Å². The number of rotatable bonds is 3. The average Bonchev–Trinajstić information content (AvgIpc) is 3.05. The lowest BCUT2D eigenvalue weighted by molar-refractivity contribution is -0.0258. The molecule has 3 aliphatic carbocycles. The molecule has 0 aliphatic heterocycles. The zero-order valence-corrected chi connectivity index (χ0v) is 19.3. The minimum atomic E-state index is -0.431. The molecule has 2 aromatic carbocycles. The molecule has 166 valence electrons. The number of methoxy groups -OCH3 is 1. The van der Waals surface area contributed by atoms with Gasteiger partial charge in [-0.2, -0.15) is 0 Å². The number of hydrogen-bond acceptors (Lipinski definition) is 4. The Labute approximate surface area is 189 Å². The lowest BCUT2D eigenvalue weighted by atomic mass is 9.55. The van der Waals surface area contributed by atoms with Crippen molar-refractivity contribution in [2.75, 3.05) is 19.1 Å². The van der Waals surface area contributed by atoms with E-state index >= 15 is 0 Å². The van der Waals surface area contributed by atoms with Crippen LogP contribution >= 0.6 is 11.6 Å². The first-order valence-electron chi connectivity index (χ1n) is 11.4. The van der Waals surface area contributed by atoms with Gasteiger partial charge in [0.2, 0.25) is 0 Å². The van der Waals surface area contributed by atoms with Crippen LogP contribution in [-0.2, 0) is 6.42 Å². The maximum absolute atomic E-state index is 11.5. The van der Waals surface area contributed by atoms with Crippen LogP contribution in [0.25, 0.3) is 0 Å². The molecule has 0 bridgehead atoms. The second kappa shape index (κ2) is 7.60. The summed E-state index contributed by atoms with van der Waals surface area (Å²) in [6.07, 6.45) is 4.89. The summed E-state index contributed by atoms with van der Waals surface area (Å²) in [6, 6.07) is 11.7. The number of benzene rings is 2.